The van der Waals surface area contributed by atoms with Crippen LogP contribution >= 0.6 is 0 Å². The summed E-state index contributed by atoms with van der Waals surface area (Å²) in [5.41, 5.74) is 0.872. The summed E-state index contributed by atoms with van der Waals surface area (Å²) in [6.07, 6.45) is 3.76. The van der Waals surface area contributed by atoms with Crippen molar-refractivity contribution in [1.82, 2.24) is 25.3 Å². The van der Waals surface area contributed by atoms with Crippen LogP contribution in [0.25, 0.3) is 0 Å². The van der Waals surface area contributed by atoms with Crippen molar-refractivity contribution >= 4 is 11.8 Å². The number of aromatic nitrogens is 2. The molecule has 2 N–H and O–H groups in total. The SMILES string of the molecule is CC(C)NC(=O)CN(CC(=O)NC(C)C)Cc1cnn(C(C)(C)C)c1. The summed E-state index contributed by atoms with van der Waals surface area (Å²) in [7, 11) is 0. The number of hydrogen-bond acceptors (Lipinski definition) is 4. The number of carbonyl (C=O) groups excluding carboxylic acids is 2. The van der Waals surface area contributed by atoms with Crippen molar-refractivity contribution in [2.45, 2.75) is 72.6 Å². The van der Waals surface area contributed by atoms with Crippen LogP contribution in [0.15, 0.2) is 12.4 Å². The summed E-state index contributed by atoms with van der Waals surface area (Å²) in [6.45, 7) is 14.7. The molecule has 0 fully saturated rings. The summed E-state index contributed by atoms with van der Waals surface area (Å²) in [5.74, 6) is -0.175. The molecule has 0 aliphatic rings. The molecule has 0 aromatic carbocycles. The molecule has 0 aliphatic carbocycles. The molecule has 0 radical (unpaired) electrons. The second-order valence-electron chi connectivity index (χ2n) is 8.05. The highest BCUT2D eigenvalue weighted by molar-refractivity contribution is 5.81. The van der Waals surface area contributed by atoms with Crippen molar-refractivity contribution in [1.29, 1.82) is 0 Å². The molecule has 0 atom stereocenters. The van der Waals surface area contributed by atoms with Crippen LogP contribution in [0.4, 0.5) is 0 Å². The number of hydrogen-bond donors (Lipinski definition) is 2. The van der Waals surface area contributed by atoms with Crippen molar-refractivity contribution in [3.8, 4) is 0 Å². The number of nitrogens with one attached hydrogen (secondary N) is 2. The van der Waals surface area contributed by atoms with Gasteiger partial charge in [0.1, 0.15) is 0 Å². The fraction of sp³-hybridized carbons (Fsp3) is 0.722. The maximum Gasteiger partial charge on any atom is 0.234 e. The quantitative estimate of drug-likeness (QED) is 0.744. The predicted molar refractivity (Wildman–Crippen MR) is 99.1 cm³/mol. The van der Waals surface area contributed by atoms with E-state index in [0.717, 1.165) is 5.56 Å². The summed E-state index contributed by atoms with van der Waals surface area (Å²) >= 11 is 0. The van der Waals surface area contributed by atoms with Crippen LogP contribution in [-0.2, 0) is 21.7 Å². The average Bonchev–Trinajstić information content (AvgIpc) is 2.84. The molecule has 1 rings (SSSR count). The van der Waals surface area contributed by atoms with Crippen molar-refractivity contribution in [2.24, 2.45) is 0 Å². The van der Waals surface area contributed by atoms with Crippen LogP contribution in [0, 0.1) is 0 Å². The lowest BCUT2D eigenvalue weighted by molar-refractivity contribution is -0.125. The Morgan fingerprint density at radius 1 is 1.08 bits per heavy atom. The molecule has 25 heavy (non-hydrogen) atoms. The van der Waals surface area contributed by atoms with Crippen molar-refractivity contribution in [3.63, 3.8) is 0 Å². The average molecular weight is 351 g/mol. The van der Waals surface area contributed by atoms with Gasteiger partial charge in [0.05, 0.1) is 24.8 Å². The number of amides is 2. The van der Waals surface area contributed by atoms with E-state index in [-0.39, 0.29) is 42.5 Å². The van der Waals surface area contributed by atoms with E-state index in [9.17, 15) is 9.59 Å². The van der Waals surface area contributed by atoms with Crippen LogP contribution < -0.4 is 10.6 Å². The molecule has 2 amide bonds. The molecule has 1 aromatic heterocycles. The molecule has 0 unspecified atom stereocenters. The van der Waals surface area contributed by atoms with Crippen molar-refractivity contribution in [3.05, 3.63) is 18.0 Å². The maximum absolute atomic E-state index is 12.1. The molecule has 1 aromatic rings. The Morgan fingerprint density at radius 2 is 1.56 bits per heavy atom. The first-order valence-electron chi connectivity index (χ1n) is 8.82. The van der Waals surface area contributed by atoms with E-state index in [1.165, 1.54) is 0 Å². The minimum atomic E-state index is -0.104. The van der Waals surface area contributed by atoms with Gasteiger partial charge in [-0.1, -0.05) is 0 Å². The molecule has 7 heteroatoms. The molecule has 7 nitrogen and oxygen atoms in total. The van der Waals surface area contributed by atoms with Gasteiger partial charge in [0.15, 0.2) is 0 Å². The lowest BCUT2D eigenvalue weighted by Gasteiger charge is -2.22. The predicted octanol–water partition coefficient (Wildman–Crippen LogP) is 1.49. The Labute approximate surface area is 151 Å². The minimum Gasteiger partial charge on any atom is -0.353 e. The second kappa shape index (κ2) is 8.99. The summed E-state index contributed by atoms with van der Waals surface area (Å²) < 4.78 is 1.89. The zero-order valence-corrected chi connectivity index (χ0v) is 16.6. The topological polar surface area (TPSA) is 79.3 Å². The molecular weight excluding hydrogens is 318 g/mol. The Kier molecular flexibility index (Phi) is 7.60. The first kappa shape index (κ1) is 21.2. The van der Waals surface area contributed by atoms with Crippen LogP contribution in [0.3, 0.4) is 0 Å². The van der Waals surface area contributed by atoms with Crippen LogP contribution in [-0.4, -0.2) is 51.7 Å². The van der Waals surface area contributed by atoms with E-state index in [4.69, 9.17) is 0 Å². The molecule has 0 aliphatic heterocycles. The van der Waals surface area contributed by atoms with Gasteiger partial charge in [-0.25, -0.2) is 0 Å². The smallest absolute Gasteiger partial charge is 0.234 e. The van der Waals surface area contributed by atoms with Crippen LogP contribution in [0.2, 0.25) is 0 Å². The van der Waals surface area contributed by atoms with Crippen LogP contribution in [0.5, 0.6) is 0 Å². The third-order valence-electron chi connectivity index (χ3n) is 3.36. The van der Waals surface area contributed by atoms with Gasteiger partial charge in [0.2, 0.25) is 11.8 Å². The molecule has 1 heterocycles. The van der Waals surface area contributed by atoms with Gasteiger partial charge in [-0.15, -0.1) is 0 Å². The third kappa shape index (κ3) is 8.16. The Balaban J connectivity index is 2.80. The fourth-order valence-electron chi connectivity index (χ4n) is 2.38. The maximum atomic E-state index is 12.1. The highest BCUT2D eigenvalue weighted by atomic mass is 16.2. The van der Waals surface area contributed by atoms with E-state index in [1.54, 1.807) is 6.20 Å². The Morgan fingerprint density at radius 3 is 1.92 bits per heavy atom. The summed E-state index contributed by atoms with van der Waals surface area (Å²) in [5, 5.41) is 10.1. The monoisotopic (exact) mass is 351 g/mol. The fourth-order valence-corrected chi connectivity index (χ4v) is 2.38. The highest BCUT2D eigenvalue weighted by Crippen LogP contribution is 2.14. The first-order valence-corrected chi connectivity index (χ1v) is 8.82. The van der Waals surface area contributed by atoms with Gasteiger partial charge in [-0.3, -0.25) is 19.2 Å². The van der Waals surface area contributed by atoms with E-state index < -0.39 is 0 Å². The van der Waals surface area contributed by atoms with Gasteiger partial charge in [0.25, 0.3) is 0 Å². The number of carbonyl (C=O) groups is 2. The molecule has 0 spiro atoms. The lowest BCUT2D eigenvalue weighted by atomic mass is 10.1. The first-order chi connectivity index (χ1) is 11.5. The Bertz CT molecular complexity index is 548. The van der Waals surface area contributed by atoms with Gasteiger partial charge >= 0.3 is 0 Å². The second-order valence-corrected chi connectivity index (χ2v) is 8.05. The third-order valence-corrected chi connectivity index (χ3v) is 3.36. The minimum absolute atomic E-state index is 0.0717. The Hall–Kier alpha value is -1.89. The molecule has 0 saturated heterocycles. The van der Waals surface area contributed by atoms with Gasteiger partial charge in [-0.05, 0) is 48.5 Å². The molecule has 142 valence electrons. The highest BCUT2D eigenvalue weighted by Gasteiger charge is 2.19. The van der Waals surface area contributed by atoms with Crippen LogP contribution in [0.1, 0.15) is 54.0 Å². The van der Waals surface area contributed by atoms with E-state index in [0.29, 0.717) is 6.54 Å². The summed E-state index contributed by atoms with van der Waals surface area (Å²) in [6, 6.07) is 0.143. The normalized spacial score (nSPS) is 12.1. The molecular formula is C18H33N5O2. The number of rotatable bonds is 8. The molecule has 0 bridgehead atoms. The van der Waals surface area contributed by atoms with E-state index >= 15 is 0 Å². The van der Waals surface area contributed by atoms with E-state index in [1.807, 2.05) is 43.5 Å². The largest absolute Gasteiger partial charge is 0.353 e. The van der Waals surface area contributed by atoms with E-state index in [2.05, 4.69) is 36.5 Å². The summed E-state index contributed by atoms with van der Waals surface area (Å²) in [4.78, 5) is 26.1. The van der Waals surface area contributed by atoms with Crippen molar-refractivity contribution in [2.75, 3.05) is 13.1 Å². The van der Waals surface area contributed by atoms with Crippen molar-refractivity contribution < 1.29 is 9.59 Å². The standard InChI is InChI=1S/C18H33N5O2/c1-13(2)20-16(24)11-22(12-17(25)21-14(3)4)9-15-8-19-23(10-15)18(5,6)7/h8,10,13-14H,9,11-12H2,1-7H3,(H,20,24)(H,21,25). The van der Waals surface area contributed by atoms with Gasteiger partial charge < -0.3 is 10.6 Å². The number of nitrogens with zero attached hydrogens (tertiary/aromatic N) is 3. The van der Waals surface area contributed by atoms with Gasteiger partial charge in [-0.2, -0.15) is 5.10 Å². The zero-order valence-electron chi connectivity index (χ0n) is 16.6. The van der Waals surface area contributed by atoms with Gasteiger partial charge in [0, 0.05) is 30.4 Å². The molecule has 0 saturated carbocycles. The zero-order chi connectivity index (χ0) is 19.2. The lowest BCUT2D eigenvalue weighted by Crippen LogP contribution is -2.45.